The summed E-state index contributed by atoms with van der Waals surface area (Å²) in [6, 6.07) is 9.73. The molecule has 0 aliphatic carbocycles. The highest BCUT2D eigenvalue weighted by atomic mass is 16.5. The zero-order valence-electron chi connectivity index (χ0n) is 12.0. The van der Waals surface area contributed by atoms with Crippen LogP contribution in [0, 0.1) is 0 Å². The minimum Gasteiger partial charge on any atom is -0.373 e. The van der Waals surface area contributed by atoms with E-state index < -0.39 is 0 Å². The van der Waals surface area contributed by atoms with Crippen LogP contribution in [0.3, 0.4) is 0 Å². The number of ether oxygens (including phenoxy) is 1. The molecule has 108 valence electrons. The van der Waals surface area contributed by atoms with E-state index in [-0.39, 0.29) is 12.1 Å². The second-order valence-corrected chi connectivity index (χ2v) is 4.80. The molecule has 1 unspecified atom stereocenters. The lowest BCUT2D eigenvalue weighted by Gasteiger charge is -2.09. The third-order valence-electron chi connectivity index (χ3n) is 3.20. The van der Waals surface area contributed by atoms with Crippen LogP contribution in [0.4, 0.5) is 0 Å². The van der Waals surface area contributed by atoms with Crippen molar-refractivity contribution in [3.63, 3.8) is 0 Å². The van der Waals surface area contributed by atoms with Crippen molar-refractivity contribution in [3.8, 4) is 0 Å². The van der Waals surface area contributed by atoms with Crippen molar-refractivity contribution in [1.29, 1.82) is 0 Å². The SMILES string of the molecule is CCCC(OC)c1noc([C@H](N)Cc2ccccc2)n1. The minimum atomic E-state index is -0.294. The Labute approximate surface area is 119 Å². The van der Waals surface area contributed by atoms with Crippen molar-refractivity contribution >= 4 is 0 Å². The number of nitrogens with two attached hydrogens (primary N) is 1. The van der Waals surface area contributed by atoms with Gasteiger partial charge in [-0.1, -0.05) is 48.8 Å². The van der Waals surface area contributed by atoms with E-state index in [1.54, 1.807) is 7.11 Å². The molecule has 1 heterocycles. The van der Waals surface area contributed by atoms with E-state index >= 15 is 0 Å². The molecule has 0 aliphatic heterocycles. The van der Waals surface area contributed by atoms with Crippen molar-refractivity contribution in [2.24, 2.45) is 5.73 Å². The summed E-state index contributed by atoms with van der Waals surface area (Å²) in [5.74, 6) is 1.04. The molecule has 5 heteroatoms. The maximum Gasteiger partial charge on any atom is 0.243 e. The minimum absolute atomic E-state index is 0.124. The van der Waals surface area contributed by atoms with Crippen molar-refractivity contribution in [2.45, 2.75) is 38.3 Å². The Morgan fingerprint density at radius 3 is 2.70 bits per heavy atom. The lowest BCUT2D eigenvalue weighted by molar-refractivity contribution is 0.0854. The van der Waals surface area contributed by atoms with Gasteiger partial charge in [0.1, 0.15) is 6.10 Å². The molecule has 0 radical (unpaired) electrons. The molecular weight excluding hydrogens is 254 g/mol. The molecule has 2 rings (SSSR count). The van der Waals surface area contributed by atoms with Crippen LogP contribution in [0.25, 0.3) is 0 Å². The molecule has 0 aliphatic rings. The summed E-state index contributed by atoms with van der Waals surface area (Å²) < 4.78 is 10.6. The Kier molecular flexibility index (Phi) is 5.26. The number of benzene rings is 1. The first kappa shape index (κ1) is 14.7. The summed E-state index contributed by atoms with van der Waals surface area (Å²) in [4.78, 5) is 4.37. The maximum atomic E-state index is 6.12. The Hall–Kier alpha value is -1.72. The molecule has 0 bridgehead atoms. The predicted octanol–water partition coefficient (Wildman–Crippen LogP) is 2.80. The highest BCUT2D eigenvalue weighted by Crippen LogP contribution is 2.21. The summed E-state index contributed by atoms with van der Waals surface area (Å²) in [6.07, 6.45) is 2.41. The van der Waals surface area contributed by atoms with E-state index in [0.29, 0.717) is 18.1 Å². The van der Waals surface area contributed by atoms with Crippen molar-refractivity contribution in [1.82, 2.24) is 10.1 Å². The summed E-state index contributed by atoms with van der Waals surface area (Å²) in [5.41, 5.74) is 7.27. The van der Waals surface area contributed by atoms with Crippen LogP contribution in [0.1, 0.15) is 49.2 Å². The summed E-state index contributed by atoms with van der Waals surface area (Å²) in [5, 5.41) is 3.98. The topological polar surface area (TPSA) is 74.2 Å². The van der Waals surface area contributed by atoms with Crippen LogP contribution in [-0.4, -0.2) is 17.3 Å². The fourth-order valence-corrected chi connectivity index (χ4v) is 2.10. The first-order valence-corrected chi connectivity index (χ1v) is 6.90. The number of hydrogen-bond acceptors (Lipinski definition) is 5. The quantitative estimate of drug-likeness (QED) is 0.841. The van der Waals surface area contributed by atoms with Gasteiger partial charge in [-0.2, -0.15) is 4.98 Å². The van der Waals surface area contributed by atoms with Crippen molar-refractivity contribution < 1.29 is 9.26 Å². The van der Waals surface area contributed by atoms with Crippen molar-refractivity contribution in [3.05, 3.63) is 47.6 Å². The molecule has 0 spiro atoms. The average molecular weight is 275 g/mol. The normalized spacial score (nSPS) is 14.2. The van der Waals surface area contributed by atoms with Crippen LogP contribution < -0.4 is 5.73 Å². The Morgan fingerprint density at radius 1 is 1.30 bits per heavy atom. The smallest absolute Gasteiger partial charge is 0.243 e. The van der Waals surface area contributed by atoms with Gasteiger partial charge in [0.2, 0.25) is 11.7 Å². The molecule has 1 aromatic carbocycles. The van der Waals surface area contributed by atoms with Crippen LogP contribution >= 0.6 is 0 Å². The summed E-state index contributed by atoms with van der Waals surface area (Å²) >= 11 is 0. The van der Waals surface area contributed by atoms with Gasteiger partial charge in [-0.15, -0.1) is 0 Å². The number of aromatic nitrogens is 2. The van der Waals surface area contributed by atoms with Gasteiger partial charge >= 0.3 is 0 Å². The van der Waals surface area contributed by atoms with Gasteiger partial charge in [0.15, 0.2) is 0 Å². The number of hydrogen-bond donors (Lipinski definition) is 1. The molecule has 2 aromatic rings. The maximum absolute atomic E-state index is 6.12. The summed E-state index contributed by atoms with van der Waals surface area (Å²) in [7, 11) is 1.65. The lowest BCUT2D eigenvalue weighted by atomic mass is 10.1. The third kappa shape index (κ3) is 3.65. The number of nitrogens with zero attached hydrogens (tertiary/aromatic N) is 2. The lowest BCUT2D eigenvalue weighted by Crippen LogP contribution is -2.14. The van der Waals surface area contributed by atoms with Gasteiger partial charge in [-0.05, 0) is 18.4 Å². The Balaban J connectivity index is 2.04. The van der Waals surface area contributed by atoms with Gasteiger partial charge in [0.05, 0.1) is 6.04 Å². The monoisotopic (exact) mass is 275 g/mol. The molecule has 0 amide bonds. The Bertz CT molecular complexity index is 513. The molecule has 2 N–H and O–H groups in total. The van der Waals surface area contributed by atoms with Gasteiger partial charge in [-0.25, -0.2) is 0 Å². The highest BCUT2D eigenvalue weighted by molar-refractivity contribution is 5.16. The van der Waals surface area contributed by atoms with Crippen LogP contribution in [-0.2, 0) is 11.2 Å². The highest BCUT2D eigenvalue weighted by Gasteiger charge is 2.20. The zero-order chi connectivity index (χ0) is 14.4. The van der Waals surface area contributed by atoms with Gasteiger partial charge < -0.3 is 15.0 Å². The molecular formula is C15H21N3O2. The van der Waals surface area contributed by atoms with E-state index in [4.69, 9.17) is 15.0 Å². The molecule has 0 saturated heterocycles. The molecule has 5 nitrogen and oxygen atoms in total. The Morgan fingerprint density at radius 2 is 2.05 bits per heavy atom. The molecule has 0 saturated carbocycles. The first-order valence-electron chi connectivity index (χ1n) is 6.90. The van der Waals surface area contributed by atoms with E-state index in [1.165, 1.54) is 0 Å². The number of rotatable bonds is 7. The van der Waals surface area contributed by atoms with Gasteiger partial charge in [-0.3, -0.25) is 0 Å². The predicted molar refractivity (Wildman–Crippen MR) is 76.0 cm³/mol. The van der Waals surface area contributed by atoms with E-state index in [0.717, 1.165) is 18.4 Å². The molecule has 0 fully saturated rings. The molecule has 20 heavy (non-hydrogen) atoms. The van der Waals surface area contributed by atoms with Crippen molar-refractivity contribution in [2.75, 3.05) is 7.11 Å². The standard InChI is InChI=1S/C15H21N3O2/c1-3-7-13(19-2)14-17-15(20-18-14)12(16)10-11-8-5-4-6-9-11/h4-6,8-9,12-13H,3,7,10,16H2,1-2H3/t12-,13?/m1/s1. The molecule has 1 aromatic heterocycles. The first-order chi connectivity index (χ1) is 9.74. The van der Waals surface area contributed by atoms with Gasteiger partial charge in [0.25, 0.3) is 0 Å². The van der Waals surface area contributed by atoms with E-state index in [9.17, 15) is 0 Å². The number of methoxy groups -OCH3 is 1. The zero-order valence-corrected chi connectivity index (χ0v) is 12.0. The second-order valence-electron chi connectivity index (χ2n) is 4.80. The van der Waals surface area contributed by atoms with E-state index in [2.05, 4.69) is 17.1 Å². The fraction of sp³-hybridized carbons (Fsp3) is 0.467. The largest absolute Gasteiger partial charge is 0.373 e. The second kappa shape index (κ2) is 7.17. The van der Waals surface area contributed by atoms with Gasteiger partial charge in [0, 0.05) is 7.11 Å². The van der Waals surface area contributed by atoms with Crippen LogP contribution in [0.5, 0.6) is 0 Å². The summed E-state index contributed by atoms with van der Waals surface area (Å²) in [6.45, 7) is 2.09. The third-order valence-corrected chi connectivity index (χ3v) is 3.20. The van der Waals surface area contributed by atoms with E-state index in [1.807, 2.05) is 30.3 Å². The molecule has 2 atom stereocenters. The van der Waals surface area contributed by atoms with Crippen LogP contribution in [0.15, 0.2) is 34.9 Å². The average Bonchev–Trinajstić information content (AvgIpc) is 2.95. The van der Waals surface area contributed by atoms with Crippen LogP contribution in [0.2, 0.25) is 0 Å². The fourth-order valence-electron chi connectivity index (χ4n) is 2.10.